The highest BCUT2D eigenvalue weighted by Gasteiger charge is 2.54. The molecule has 4 saturated heterocycles. The number of rotatable bonds is 8. The number of piperidine rings is 2. The van der Waals surface area contributed by atoms with Gasteiger partial charge < -0.3 is 20.3 Å². The lowest BCUT2D eigenvalue weighted by Gasteiger charge is -2.57. The molecule has 6 fully saturated rings. The Morgan fingerprint density at radius 2 is 1.67 bits per heavy atom. The van der Waals surface area contributed by atoms with Crippen LogP contribution in [0.5, 0.6) is 0 Å². The van der Waals surface area contributed by atoms with Crippen LogP contribution in [0.25, 0.3) is 16.6 Å². The minimum Gasteiger partial charge on any atom is -0.496 e. The van der Waals surface area contributed by atoms with Crippen LogP contribution < -0.4 is 16.2 Å². The Balaban J connectivity index is 0.622. The van der Waals surface area contributed by atoms with Crippen molar-refractivity contribution in [2.75, 3.05) is 63.9 Å². The summed E-state index contributed by atoms with van der Waals surface area (Å²) in [5.41, 5.74) is 11.3. The van der Waals surface area contributed by atoms with Crippen LogP contribution in [0.2, 0.25) is 5.02 Å². The zero-order chi connectivity index (χ0) is 45.0. The molecule has 6 aliphatic heterocycles. The Labute approximate surface area is 392 Å². The average Bonchev–Trinajstić information content (AvgIpc) is 3.94. The fourth-order valence-electron chi connectivity index (χ4n) is 14.5. The van der Waals surface area contributed by atoms with E-state index in [1.165, 1.54) is 86.3 Å². The molecule has 3 amide bonds. The van der Waals surface area contributed by atoms with Gasteiger partial charge in [-0.25, -0.2) is 0 Å². The molecular weight excluding hydrogens is 850 g/mol. The van der Waals surface area contributed by atoms with E-state index in [-0.39, 0.29) is 52.9 Å². The Hall–Kier alpha value is -4.52. The zero-order valence-electron chi connectivity index (χ0n) is 38.3. The zero-order valence-corrected chi connectivity index (χ0v) is 39.0. The lowest BCUT2D eigenvalue weighted by molar-refractivity contribution is -0.142. The van der Waals surface area contributed by atoms with Gasteiger partial charge in [0.15, 0.2) is 0 Å². The lowest BCUT2D eigenvalue weighted by Crippen LogP contribution is -2.62. The molecule has 12 rings (SSSR count). The first-order chi connectivity index (χ1) is 32.0. The molecule has 7 heterocycles. The molecular formula is C53H64ClN7O5. The molecule has 66 heavy (non-hydrogen) atoms. The predicted octanol–water partition coefficient (Wildman–Crippen LogP) is 7.26. The number of likely N-dealkylation sites (tertiary alicyclic amines) is 3. The average molecular weight is 915 g/mol. The van der Waals surface area contributed by atoms with Gasteiger partial charge >= 0.3 is 0 Å². The SMILES string of the molecule is NC(=O)CCCC(=O)N1CC2C3=C(C=CC2C1=O)C1(CCN(CC2CCC4(CC2)CN(C2CCN(c5ccc6c(c5)C5(CCCCC5)c5nc(=O)c7c(Cl)cccc7n5-6)CC2)C4)CC1)CO3. The second-order valence-electron chi connectivity index (χ2n) is 21.9. The van der Waals surface area contributed by atoms with E-state index < -0.39 is 5.91 Å². The Bertz CT molecular complexity index is 2600. The van der Waals surface area contributed by atoms with E-state index >= 15 is 0 Å². The monoisotopic (exact) mass is 913 g/mol. The van der Waals surface area contributed by atoms with Crippen LogP contribution in [0, 0.1) is 28.6 Å². The van der Waals surface area contributed by atoms with Gasteiger partial charge in [-0.1, -0.05) is 49.1 Å². The van der Waals surface area contributed by atoms with Crippen molar-refractivity contribution in [1.29, 1.82) is 0 Å². The summed E-state index contributed by atoms with van der Waals surface area (Å²) >= 11 is 6.60. The molecule has 2 atom stereocenters. The van der Waals surface area contributed by atoms with E-state index in [0.717, 1.165) is 93.4 Å². The normalized spacial score (nSPS) is 26.8. The van der Waals surface area contributed by atoms with E-state index in [1.807, 2.05) is 18.2 Å². The standard InChI is InChI=1S/C53H64ClN7O5/c54-41-6-4-7-43-46(41)48(64)56-50-53(18-2-1-3-19-53)40-28-36(10-13-42(40)61(43)50)58-24-16-35(17-25-58)59-31-51(32-59)20-14-34(15-21-51)29-57-26-22-52(23-27-57)33-66-47-38-30-60(45(63)9-5-8-44(55)62)49(65)37(38)11-12-39(47)52/h4,6-7,10-13,28,34-35,37-38H,1-3,5,8-9,14-27,29-33H2,(H2,55,62). The number of anilines is 1. The number of hydrogen-bond acceptors (Lipinski definition) is 9. The van der Waals surface area contributed by atoms with Gasteiger partial charge in [0.25, 0.3) is 5.56 Å². The molecule has 12 nitrogen and oxygen atoms in total. The van der Waals surface area contributed by atoms with Gasteiger partial charge in [-0.3, -0.25) is 33.5 Å². The van der Waals surface area contributed by atoms with Crippen molar-refractivity contribution in [3.8, 4) is 5.69 Å². The summed E-state index contributed by atoms with van der Waals surface area (Å²) < 4.78 is 8.71. The van der Waals surface area contributed by atoms with Crippen molar-refractivity contribution in [2.24, 2.45) is 34.3 Å². The van der Waals surface area contributed by atoms with E-state index in [1.54, 1.807) is 6.07 Å². The van der Waals surface area contributed by atoms with Crippen molar-refractivity contribution in [3.05, 3.63) is 86.6 Å². The number of nitrogens with two attached hydrogens (primary N) is 1. The van der Waals surface area contributed by atoms with E-state index in [2.05, 4.69) is 43.5 Å². The summed E-state index contributed by atoms with van der Waals surface area (Å²) in [7, 11) is 0. The van der Waals surface area contributed by atoms with E-state index in [0.29, 0.717) is 41.4 Å². The molecule has 2 saturated carbocycles. The van der Waals surface area contributed by atoms with Gasteiger partial charge in [0.05, 0.1) is 45.5 Å². The number of fused-ring (bicyclic) bond motifs is 10. The summed E-state index contributed by atoms with van der Waals surface area (Å²) in [6, 6.07) is 13.5. The minimum absolute atomic E-state index is 0.00508. The van der Waals surface area contributed by atoms with Crippen LogP contribution in [0.3, 0.4) is 0 Å². The smallest absolute Gasteiger partial charge is 0.282 e. The molecule has 2 N–H and O–H groups in total. The van der Waals surface area contributed by atoms with Gasteiger partial charge in [-0.15, -0.1) is 0 Å². The number of carbonyl (C=O) groups excluding carboxylic acids is 3. The molecule has 2 unspecified atom stereocenters. The van der Waals surface area contributed by atoms with Crippen LogP contribution in [0.15, 0.2) is 64.7 Å². The molecule has 348 valence electrons. The molecule has 2 aromatic carbocycles. The maximum Gasteiger partial charge on any atom is 0.282 e. The van der Waals surface area contributed by atoms with Gasteiger partial charge in [0, 0.05) is 69.3 Å². The van der Waals surface area contributed by atoms with Crippen LogP contribution in [-0.4, -0.2) is 107 Å². The lowest BCUT2D eigenvalue weighted by atomic mass is 9.65. The van der Waals surface area contributed by atoms with Crippen molar-refractivity contribution in [1.82, 2.24) is 24.3 Å². The van der Waals surface area contributed by atoms with E-state index in [4.69, 9.17) is 27.1 Å². The maximum absolute atomic E-state index is 13.4. The topological polar surface area (TPSA) is 134 Å². The van der Waals surface area contributed by atoms with Crippen LogP contribution in [0.1, 0.15) is 114 Å². The molecule has 3 aliphatic carbocycles. The Morgan fingerprint density at radius 1 is 0.894 bits per heavy atom. The second kappa shape index (κ2) is 16.3. The second-order valence-corrected chi connectivity index (χ2v) is 22.3. The van der Waals surface area contributed by atoms with Crippen molar-refractivity contribution < 1.29 is 19.1 Å². The van der Waals surface area contributed by atoms with Crippen molar-refractivity contribution >= 4 is 45.9 Å². The first kappa shape index (κ1) is 42.8. The molecule has 0 bridgehead atoms. The summed E-state index contributed by atoms with van der Waals surface area (Å²) in [5.74, 6) is 1.35. The number of imide groups is 1. The van der Waals surface area contributed by atoms with Gasteiger partial charge in [-0.05, 0) is 137 Å². The third-order valence-electron chi connectivity index (χ3n) is 18.3. The number of nitrogens with zero attached hydrogens (tertiary/aromatic N) is 6. The highest BCUT2D eigenvalue weighted by molar-refractivity contribution is 6.35. The number of ether oxygens (including phenoxy) is 1. The number of allylic oxidation sites excluding steroid dienone is 1. The largest absolute Gasteiger partial charge is 0.496 e. The number of hydrogen-bond donors (Lipinski definition) is 1. The summed E-state index contributed by atoms with van der Waals surface area (Å²) in [6.45, 7) is 9.04. The molecule has 13 heteroatoms. The first-order valence-corrected chi connectivity index (χ1v) is 25.7. The van der Waals surface area contributed by atoms with E-state index in [9.17, 15) is 19.2 Å². The predicted molar refractivity (Wildman–Crippen MR) is 254 cm³/mol. The van der Waals surface area contributed by atoms with Crippen molar-refractivity contribution in [2.45, 2.75) is 114 Å². The first-order valence-electron chi connectivity index (χ1n) is 25.3. The Morgan fingerprint density at radius 3 is 2.42 bits per heavy atom. The third-order valence-corrected chi connectivity index (χ3v) is 18.6. The number of primary amides is 1. The number of halogens is 1. The highest BCUT2D eigenvalue weighted by atomic mass is 35.5. The summed E-state index contributed by atoms with van der Waals surface area (Å²) in [6.07, 6.45) is 20.3. The summed E-state index contributed by atoms with van der Waals surface area (Å²) in [5, 5.41) is 0.985. The maximum atomic E-state index is 13.4. The summed E-state index contributed by atoms with van der Waals surface area (Å²) in [4.78, 5) is 65.1. The fourth-order valence-corrected chi connectivity index (χ4v) is 14.8. The molecule has 3 aromatic rings. The quantitative estimate of drug-likeness (QED) is 0.248. The minimum atomic E-state index is -0.428. The number of carbonyl (C=O) groups is 3. The highest BCUT2D eigenvalue weighted by Crippen LogP contribution is 2.55. The van der Waals surface area contributed by atoms with Gasteiger partial charge in [0.2, 0.25) is 17.7 Å². The molecule has 3 spiro atoms. The number of aromatic nitrogens is 2. The van der Waals surface area contributed by atoms with Crippen LogP contribution >= 0.6 is 11.6 Å². The van der Waals surface area contributed by atoms with Crippen molar-refractivity contribution in [3.63, 3.8) is 0 Å². The molecule has 9 aliphatic rings. The fraction of sp³-hybridized carbons (Fsp3) is 0.604. The van der Waals surface area contributed by atoms with Gasteiger partial charge in [-0.2, -0.15) is 4.98 Å². The molecule has 1 aromatic heterocycles. The van der Waals surface area contributed by atoms with Crippen LogP contribution in [0.4, 0.5) is 5.69 Å². The third kappa shape index (κ3) is 6.92. The van der Waals surface area contributed by atoms with Crippen LogP contribution in [-0.2, 0) is 24.5 Å². The number of amides is 3. The van der Waals surface area contributed by atoms with Gasteiger partial charge in [0.1, 0.15) is 11.6 Å². The number of benzene rings is 2. The Kier molecular flexibility index (Phi) is 10.6. The molecule has 0 radical (unpaired) electrons.